The molecule has 0 radical (unpaired) electrons. The van der Waals surface area contributed by atoms with Gasteiger partial charge < -0.3 is 24.7 Å². The van der Waals surface area contributed by atoms with Gasteiger partial charge in [0.25, 0.3) is 0 Å². The van der Waals surface area contributed by atoms with Gasteiger partial charge in [-0.15, -0.1) is 0 Å². The number of amides is 1. The Kier molecular flexibility index (Phi) is 7.69. The Hall–Kier alpha value is -4.18. The Bertz CT molecular complexity index is 1400. The van der Waals surface area contributed by atoms with Crippen molar-refractivity contribution in [3.8, 4) is 22.6 Å². The molecule has 1 aliphatic rings. The standard InChI is InChI=1S/C28H33N7O3/c1-19(2)17-38-27-22(21-7-8-29-15-24(21)37-3)4-5-23-26(27)33-28(31-23)32-25-14-20(6-9-30-25)16-34-10-12-35(18-36)13-11-34/h4-9,14-15,18-19H,10-13,16-17H2,1-3H3,(H2,30,31,32,33). The van der Waals surface area contributed by atoms with E-state index in [-0.39, 0.29) is 0 Å². The topological polar surface area (TPSA) is 109 Å². The number of methoxy groups -OCH3 is 1. The third-order valence-electron chi connectivity index (χ3n) is 6.50. The minimum Gasteiger partial charge on any atom is -0.494 e. The number of pyridine rings is 2. The first-order chi connectivity index (χ1) is 18.5. The summed E-state index contributed by atoms with van der Waals surface area (Å²) in [5.74, 6) is 3.00. The fourth-order valence-electron chi connectivity index (χ4n) is 4.53. The Balaban J connectivity index is 1.41. The first-order valence-corrected chi connectivity index (χ1v) is 12.8. The quantitative estimate of drug-likeness (QED) is 0.304. The van der Waals surface area contributed by atoms with Gasteiger partial charge >= 0.3 is 0 Å². The Morgan fingerprint density at radius 1 is 1.11 bits per heavy atom. The number of benzene rings is 1. The second-order valence-corrected chi connectivity index (χ2v) is 9.80. The molecule has 1 aromatic carbocycles. The third-order valence-corrected chi connectivity index (χ3v) is 6.50. The molecule has 1 amide bonds. The molecule has 0 aliphatic carbocycles. The van der Waals surface area contributed by atoms with E-state index in [0.29, 0.717) is 35.8 Å². The van der Waals surface area contributed by atoms with Gasteiger partial charge in [0.1, 0.15) is 17.1 Å². The molecule has 0 unspecified atom stereocenters. The summed E-state index contributed by atoms with van der Waals surface area (Å²) in [6.07, 6.45) is 6.17. The summed E-state index contributed by atoms with van der Waals surface area (Å²) in [5.41, 5.74) is 4.52. The average molecular weight is 516 g/mol. The number of aromatic nitrogens is 4. The second kappa shape index (κ2) is 11.5. The summed E-state index contributed by atoms with van der Waals surface area (Å²) in [6, 6.07) is 9.97. The van der Waals surface area contributed by atoms with E-state index >= 15 is 0 Å². The van der Waals surface area contributed by atoms with Crippen LogP contribution in [0.2, 0.25) is 0 Å². The monoisotopic (exact) mass is 515 g/mol. The summed E-state index contributed by atoms with van der Waals surface area (Å²) in [7, 11) is 1.64. The summed E-state index contributed by atoms with van der Waals surface area (Å²) in [6.45, 7) is 8.82. The SMILES string of the molecule is COc1cnccc1-c1ccc2[nH]c(Nc3cc(CN4CCN(C=O)CC4)ccn3)nc2c1OCC(C)C. The maximum atomic E-state index is 11.0. The zero-order valence-corrected chi connectivity index (χ0v) is 22.0. The van der Waals surface area contributed by atoms with E-state index in [0.717, 1.165) is 66.9 Å². The molecule has 0 saturated carbocycles. The van der Waals surface area contributed by atoms with Gasteiger partial charge in [-0.25, -0.2) is 9.97 Å². The number of piperazine rings is 1. The van der Waals surface area contributed by atoms with Gasteiger partial charge in [0.05, 0.1) is 25.4 Å². The predicted molar refractivity (Wildman–Crippen MR) is 147 cm³/mol. The van der Waals surface area contributed by atoms with E-state index in [1.807, 2.05) is 35.2 Å². The van der Waals surface area contributed by atoms with Crippen molar-refractivity contribution >= 4 is 29.2 Å². The number of nitrogens with zero attached hydrogens (tertiary/aromatic N) is 5. The molecule has 1 aliphatic heterocycles. The van der Waals surface area contributed by atoms with Crippen LogP contribution in [0.4, 0.5) is 11.8 Å². The fraction of sp³-hybridized carbons (Fsp3) is 0.357. The van der Waals surface area contributed by atoms with Gasteiger partial charge in [-0.2, -0.15) is 0 Å². The fourth-order valence-corrected chi connectivity index (χ4v) is 4.53. The van der Waals surface area contributed by atoms with E-state index in [2.05, 4.69) is 39.0 Å². The van der Waals surface area contributed by atoms with Crippen molar-refractivity contribution in [2.75, 3.05) is 45.2 Å². The highest BCUT2D eigenvalue weighted by molar-refractivity contribution is 5.93. The van der Waals surface area contributed by atoms with Gasteiger partial charge in [0.2, 0.25) is 12.4 Å². The first-order valence-electron chi connectivity index (χ1n) is 12.8. The van der Waals surface area contributed by atoms with E-state index in [1.165, 1.54) is 0 Å². The Morgan fingerprint density at radius 3 is 2.71 bits per heavy atom. The molecule has 1 saturated heterocycles. The molecular weight excluding hydrogens is 482 g/mol. The highest BCUT2D eigenvalue weighted by Crippen LogP contribution is 2.40. The number of ether oxygens (including phenoxy) is 2. The van der Waals surface area contributed by atoms with E-state index < -0.39 is 0 Å². The van der Waals surface area contributed by atoms with Crippen molar-refractivity contribution in [3.63, 3.8) is 0 Å². The normalized spacial score (nSPS) is 14.2. The summed E-state index contributed by atoms with van der Waals surface area (Å²) in [5, 5.41) is 3.32. The molecule has 198 valence electrons. The van der Waals surface area contributed by atoms with Crippen molar-refractivity contribution in [1.29, 1.82) is 0 Å². The van der Waals surface area contributed by atoms with Gasteiger partial charge in [0.15, 0.2) is 5.75 Å². The number of carbonyl (C=O) groups is 1. The number of anilines is 2. The maximum absolute atomic E-state index is 11.0. The van der Waals surface area contributed by atoms with Crippen LogP contribution in [0, 0.1) is 5.92 Å². The van der Waals surface area contributed by atoms with Gasteiger partial charge in [-0.3, -0.25) is 14.7 Å². The summed E-state index contributed by atoms with van der Waals surface area (Å²) >= 11 is 0. The van der Waals surface area contributed by atoms with Crippen LogP contribution in [-0.4, -0.2) is 76.0 Å². The lowest BCUT2D eigenvalue weighted by Gasteiger charge is -2.32. The second-order valence-electron chi connectivity index (χ2n) is 9.80. The van der Waals surface area contributed by atoms with Gasteiger partial charge in [0, 0.05) is 56.2 Å². The minimum absolute atomic E-state index is 0.349. The zero-order chi connectivity index (χ0) is 26.5. The molecule has 10 nitrogen and oxygen atoms in total. The Morgan fingerprint density at radius 2 is 1.95 bits per heavy atom. The van der Waals surface area contributed by atoms with Crippen molar-refractivity contribution < 1.29 is 14.3 Å². The molecule has 38 heavy (non-hydrogen) atoms. The maximum Gasteiger partial charge on any atom is 0.209 e. The van der Waals surface area contributed by atoms with Crippen molar-refractivity contribution in [2.45, 2.75) is 20.4 Å². The summed E-state index contributed by atoms with van der Waals surface area (Å²) in [4.78, 5) is 32.0. The number of H-pyrrole nitrogens is 1. The molecular formula is C28H33N7O3. The smallest absolute Gasteiger partial charge is 0.209 e. The van der Waals surface area contributed by atoms with Gasteiger partial charge in [-0.05, 0) is 41.8 Å². The Labute approximate surface area is 222 Å². The molecule has 4 aromatic rings. The van der Waals surface area contributed by atoms with E-state index in [4.69, 9.17) is 14.5 Å². The minimum atomic E-state index is 0.349. The number of hydrogen-bond acceptors (Lipinski definition) is 8. The molecule has 0 bridgehead atoms. The average Bonchev–Trinajstić information content (AvgIpc) is 3.35. The van der Waals surface area contributed by atoms with Gasteiger partial charge in [-0.1, -0.05) is 13.8 Å². The summed E-state index contributed by atoms with van der Waals surface area (Å²) < 4.78 is 11.9. The molecule has 0 atom stereocenters. The molecule has 0 spiro atoms. The van der Waals surface area contributed by atoms with Crippen LogP contribution in [0.25, 0.3) is 22.2 Å². The molecule has 3 aromatic heterocycles. The molecule has 4 heterocycles. The highest BCUT2D eigenvalue weighted by atomic mass is 16.5. The zero-order valence-electron chi connectivity index (χ0n) is 22.0. The van der Waals surface area contributed by atoms with Crippen LogP contribution in [0.15, 0.2) is 48.9 Å². The van der Waals surface area contributed by atoms with E-state index in [9.17, 15) is 4.79 Å². The van der Waals surface area contributed by atoms with Crippen molar-refractivity contribution in [3.05, 3.63) is 54.5 Å². The van der Waals surface area contributed by atoms with Crippen LogP contribution in [-0.2, 0) is 11.3 Å². The number of fused-ring (bicyclic) bond motifs is 1. The molecule has 10 heteroatoms. The third kappa shape index (κ3) is 5.70. The lowest BCUT2D eigenvalue weighted by atomic mass is 10.0. The van der Waals surface area contributed by atoms with Crippen LogP contribution >= 0.6 is 0 Å². The van der Waals surface area contributed by atoms with Crippen molar-refractivity contribution in [1.82, 2.24) is 29.7 Å². The predicted octanol–water partition coefficient (Wildman–Crippen LogP) is 4.08. The van der Waals surface area contributed by atoms with Crippen LogP contribution in [0.1, 0.15) is 19.4 Å². The van der Waals surface area contributed by atoms with Crippen LogP contribution in [0.3, 0.4) is 0 Å². The number of nitrogens with one attached hydrogen (secondary N) is 2. The van der Waals surface area contributed by atoms with Crippen molar-refractivity contribution in [2.24, 2.45) is 5.92 Å². The molecule has 2 N–H and O–H groups in total. The molecule has 1 fully saturated rings. The van der Waals surface area contributed by atoms with E-state index in [1.54, 1.807) is 25.7 Å². The van der Waals surface area contributed by atoms with Crippen LogP contribution in [0.5, 0.6) is 11.5 Å². The number of rotatable bonds is 10. The number of hydrogen-bond donors (Lipinski definition) is 2. The highest BCUT2D eigenvalue weighted by Gasteiger charge is 2.19. The molecule has 5 rings (SSSR count). The number of imidazole rings is 1. The number of carbonyl (C=O) groups excluding carboxylic acids is 1. The van der Waals surface area contributed by atoms with Crippen LogP contribution < -0.4 is 14.8 Å². The number of aromatic amines is 1. The largest absolute Gasteiger partial charge is 0.494 e. The first kappa shape index (κ1) is 25.5. The lowest BCUT2D eigenvalue weighted by molar-refractivity contribution is -0.119. The lowest BCUT2D eigenvalue weighted by Crippen LogP contribution is -2.45.